The molecule has 0 amide bonds. The molecule has 0 saturated heterocycles. The van der Waals surface area contributed by atoms with Crippen molar-refractivity contribution in [2.24, 2.45) is 0 Å². The van der Waals surface area contributed by atoms with Crippen LogP contribution in [0.2, 0.25) is 0 Å². The second-order valence-corrected chi connectivity index (χ2v) is 12.7. The molecule has 234 valence electrons. The fourth-order valence-corrected chi connectivity index (χ4v) is 6.80. The SMILES string of the molecule is COc1ccn(C[C@@H](COC(c2ccccc2)(c2ccccc2)c2ccccc2)OCP(=O)(OC(C)C)OC(C)C)c(=O)n1. The molecular formula is C34H41N2O7P. The van der Waals surface area contributed by atoms with Gasteiger partial charge in [-0.2, -0.15) is 4.98 Å². The van der Waals surface area contributed by atoms with Gasteiger partial charge in [0.25, 0.3) is 0 Å². The maximum Gasteiger partial charge on any atom is 0.356 e. The average Bonchev–Trinajstić information content (AvgIpc) is 3.01. The summed E-state index contributed by atoms with van der Waals surface area (Å²) in [4.78, 5) is 16.8. The lowest BCUT2D eigenvalue weighted by molar-refractivity contribution is -0.0648. The first kappa shape index (κ1) is 33.3. The van der Waals surface area contributed by atoms with E-state index >= 15 is 0 Å². The van der Waals surface area contributed by atoms with Crippen LogP contribution in [0.1, 0.15) is 44.4 Å². The van der Waals surface area contributed by atoms with Gasteiger partial charge in [0.05, 0.1) is 38.6 Å². The van der Waals surface area contributed by atoms with Crippen LogP contribution in [0, 0.1) is 0 Å². The highest BCUT2D eigenvalue weighted by Gasteiger charge is 2.39. The van der Waals surface area contributed by atoms with Crippen LogP contribution in [0.15, 0.2) is 108 Å². The third-order valence-corrected chi connectivity index (χ3v) is 8.65. The summed E-state index contributed by atoms with van der Waals surface area (Å²) in [6, 6.07) is 31.4. The van der Waals surface area contributed by atoms with Crippen molar-refractivity contribution in [2.75, 3.05) is 20.1 Å². The van der Waals surface area contributed by atoms with E-state index in [2.05, 4.69) is 4.98 Å². The summed E-state index contributed by atoms with van der Waals surface area (Å²) in [5.74, 6) is 0.205. The Balaban J connectivity index is 1.75. The lowest BCUT2D eigenvalue weighted by atomic mass is 9.80. The highest BCUT2D eigenvalue weighted by molar-refractivity contribution is 7.53. The Morgan fingerprint density at radius 2 is 1.25 bits per heavy atom. The molecule has 0 unspecified atom stereocenters. The Morgan fingerprint density at radius 3 is 1.66 bits per heavy atom. The fraction of sp³-hybridized carbons (Fsp3) is 0.353. The van der Waals surface area contributed by atoms with Crippen molar-refractivity contribution in [3.05, 3.63) is 130 Å². The van der Waals surface area contributed by atoms with E-state index in [-0.39, 0.29) is 37.6 Å². The largest absolute Gasteiger partial charge is 0.481 e. The van der Waals surface area contributed by atoms with Crippen LogP contribution in [0.5, 0.6) is 5.88 Å². The molecule has 0 spiro atoms. The minimum atomic E-state index is -3.65. The standard InChI is InChI=1S/C34H41N2O7P/c1-26(2)42-44(38,43-27(3)4)25-40-31(23-36-22-21-32(39-5)35-33(36)37)24-41-34(28-15-9-6-10-16-28,29-17-11-7-12-18-29)30-19-13-8-14-20-30/h6-22,26-27,31H,23-25H2,1-5H3/t31-/m0/s1. The van der Waals surface area contributed by atoms with Crippen LogP contribution in [0.4, 0.5) is 0 Å². The Hall–Kier alpha value is -3.59. The summed E-state index contributed by atoms with van der Waals surface area (Å²) < 4.78 is 44.9. The lowest BCUT2D eigenvalue weighted by Crippen LogP contribution is -2.39. The molecule has 1 heterocycles. The van der Waals surface area contributed by atoms with Crippen molar-refractivity contribution < 1.29 is 27.8 Å². The van der Waals surface area contributed by atoms with E-state index in [4.69, 9.17) is 23.3 Å². The Labute approximate surface area is 259 Å². The van der Waals surface area contributed by atoms with Crippen LogP contribution >= 0.6 is 7.60 Å². The molecule has 44 heavy (non-hydrogen) atoms. The summed E-state index contributed by atoms with van der Waals surface area (Å²) in [7, 11) is -2.21. The summed E-state index contributed by atoms with van der Waals surface area (Å²) in [5.41, 5.74) is 1.20. The molecule has 0 fully saturated rings. The van der Waals surface area contributed by atoms with Gasteiger partial charge in [0, 0.05) is 12.3 Å². The summed E-state index contributed by atoms with van der Waals surface area (Å²) in [5, 5.41) is 0. The van der Waals surface area contributed by atoms with Crippen molar-refractivity contribution in [1.29, 1.82) is 0 Å². The summed E-state index contributed by atoms with van der Waals surface area (Å²) in [6.07, 6.45) is -0.206. The Bertz CT molecular complexity index is 1440. The van der Waals surface area contributed by atoms with E-state index in [1.165, 1.54) is 11.7 Å². The fourth-order valence-electron chi connectivity index (χ4n) is 4.95. The van der Waals surface area contributed by atoms with Gasteiger partial charge in [0.1, 0.15) is 11.9 Å². The first-order chi connectivity index (χ1) is 21.1. The van der Waals surface area contributed by atoms with Gasteiger partial charge >= 0.3 is 13.3 Å². The second kappa shape index (κ2) is 15.4. The molecule has 4 rings (SSSR count). The van der Waals surface area contributed by atoms with Crippen LogP contribution in [0.25, 0.3) is 0 Å². The number of aromatic nitrogens is 2. The van der Waals surface area contributed by atoms with Crippen LogP contribution < -0.4 is 10.4 Å². The maximum atomic E-state index is 13.7. The van der Waals surface area contributed by atoms with E-state index < -0.39 is 25.0 Å². The number of ether oxygens (including phenoxy) is 3. The predicted octanol–water partition coefficient (Wildman–Crippen LogP) is 6.65. The second-order valence-electron chi connectivity index (χ2n) is 10.8. The average molecular weight is 621 g/mol. The molecule has 4 aromatic rings. The zero-order valence-corrected chi connectivity index (χ0v) is 26.8. The van der Waals surface area contributed by atoms with Crippen molar-refractivity contribution in [1.82, 2.24) is 9.55 Å². The first-order valence-electron chi connectivity index (χ1n) is 14.6. The van der Waals surface area contributed by atoms with Crippen LogP contribution in [0.3, 0.4) is 0 Å². The molecule has 0 aliphatic carbocycles. The van der Waals surface area contributed by atoms with Gasteiger partial charge in [-0.05, 0) is 44.4 Å². The third kappa shape index (κ3) is 8.52. The predicted molar refractivity (Wildman–Crippen MR) is 170 cm³/mol. The number of hydrogen-bond acceptors (Lipinski definition) is 8. The molecule has 1 aromatic heterocycles. The quantitative estimate of drug-likeness (QED) is 0.102. The third-order valence-electron chi connectivity index (χ3n) is 6.70. The van der Waals surface area contributed by atoms with Gasteiger partial charge in [-0.3, -0.25) is 9.13 Å². The monoisotopic (exact) mass is 620 g/mol. The van der Waals surface area contributed by atoms with Gasteiger partial charge in [-0.1, -0.05) is 91.0 Å². The van der Waals surface area contributed by atoms with Gasteiger partial charge in [-0.25, -0.2) is 4.79 Å². The normalized spacial score (nSPS) is 12.9. The molecule has 10 heteroatoms. The lowest BCUT2D eigenvalue weighted by Gasteiger charge is -2.37. The smallest absolute Gasteiger partial charge is 0.356 e. The minimum Gasteiger partial charge on any atom is -0.481 e. The molecule has 1 atom stereocenters. The zero-order chi connectivity index (χ0) is 31.6. The van der Waals surface area contributed by atoms with E-state index in [1.807, 2.05) is 91.0 Å². The van der Waals surface area contributed by atoms with E-state index in [9.17, 15) is 9.36 Å². The highest BCUT2D eigenvalue weighted by Crippen LogP contribution is 2.51. The van der Waals surface area contributed by atoms with Crippen LogP contribution in [-0.2, 0) is 35.2 Å². The number of nitrogens with zero attached hydrogens (tertiary/aromatic N) is 2. The highest BCUT2D eigenvalue weighted by atomic mass is 31.2. The molecule has 9 nitrogen and oxygen atoms in total. The first-order valence-corrected chi connectivity index (χ1v) is 16.4. The maximum absolute atomic E-state index is 13.7. The number of hydrogen-bond donors (Lipinski definition) is 0. The molecule has 0 bridgehead atoms. The van der Waals surface area contributed by atoms with Crippen molar-refractivity contribution in [2.45, 2.75) is 58.2 Å². The van der Waals surface area contributed by atoms with E-state index in [1.54, 1.807) is 40.0 Å². The van der Waals surface area contributed by atoms with Gasteiger partial charge < -0.3 is 23.3 Å². The molecule has 0 saturated carbocycles. The van der Waals surface area contributed by atoms with Gasteiger partial charge in [0.15, 0.2) is 0 Å². The number of methoxy groups -OCH3 is 1. The molecule has 0 aliphatic rings. The molecule has 0 aliphatic heterocycles. The van der Waals surface area contributed by atoms with Crippen molar-refractivity contribution in [3.63, 3.8) is 0 Å². The van der Waals surface area contributed by atoms with Crippen molar-refractivity contribution in [3.8, 4) is 5.88 Å². The zero-order valence-electron chi connectivity index (χ0n) is 25.9. The van der Waals surface area contributed by atoms with Crippen LogP contribution in [-0.4, -0.2) is 47.9 Å². The summed E-state index contributed by atoms with van der Waals surface area (Å²) in [6.45, 7) is 7.22. The Morgan fingerprint density at radius 1 is 0.773 bits per heavy atom. The summed E-state index contributed by atoms with van der Waals surface area (Å²) >= 11 is 0. The molecule has 3 aromatic carbocycles. The molecular weight excluding hydrogens is 579 g/mol. The van der Waals surface area contributed by atoms with E-state index in [0.29, 0.717) is 0 Å². The van der Waals surface area contributed by atoms with Gasteiger partial charge in [-0.15, -0.1) is 0 Å². The number of rotatable bonds is 16. The van der Waals surface area contributed by atoms with Gasteiger partial charge in [0.2, 0.25) is 5.88 Å². The van der Waals surface area contributed by atoms with E-state index in [0.717, 1.165) is 16.7 Å². The topological polar surface area (TPSA) is 98.1 Å². The number of benzene rings is 3. The Kier molecular flexibility index (Phi) is 11.7. The minimum absolute atomic E-state index is 0.0144. The molecule has 0 radical (unpaired) electrons. The molecule has 0 N–H and O–H groups in total. The van der Waals surface area contributed by atoms with Crippen molar-refractivity contribution >= 4 is 7.60 Å².